The number of carbonyl (C=O) groups excluding carboxylic acids is 1. The molecule has 0 aromatic carbocycles. The van der Waals surface area contributed by atoms with Crippen molar-refractivity contribution >= 4 is 6.41 Å². The van der Waals surface area contributed by atoms with Crippen LogP contribution in [-0.2, 0) is 4.79 Å². The lowest BCUT2D eigenvalue weighted by molar-refractivity contribution is 0.398. The lowest BCUT2D eigenvalue weighted by Gasteiger charge is -2.09. The van der Waals surface area contributed by atoms with E-state index < -0.39 is 0 Å². The lowest BCUT2D eigenvalue weighted by Crippen LogP contribution is -2.26. The number of amides is 1. The zero-order valence-electron chi connectivity index (χ0n) is 5.39. The van der Waals surface area contributed by atoms with Gasteiger partial charge in [0.1, 0.15) is 0 Å². The Morgan fingerprint density at radius 3 is 3.00 bits per heavy atom. The van der Waals surface area contributed by atoms with E-state index in [4.69, 9.17) is 0 Å². The fraction of sp³-hybridized carbons (Fsp3) is 0.833. The minimum Gasteiger partial charge on any atom is -0.333 e. The highest BCUT2D eigenvalue weighted by atomic mass is 16.1. The predicted octanol–water partition coefficient (Wildman–Crippen LogP) is -0.651. The molecule has 1 radical (unpaired) electrons. The third-order valence-electron chi connectivity index (χ3n) is 1.47. The highest BCUT2D eigenvalue weighted by Gasteiger charge is 2.04. The number of nitrogens with one attached hydrogen (secondary N) is 1. The maximum absolute atomic E-state index is 10.1. The van der Waals surface area contributed by atoms with Gasteiger partial charge < -0.3 is 10.2 Å². The highest BCUT2D eigenvalue weighted by molar-refractivity contribution is 5.47. The first-order chi connectivity index (χ1) is 4.43. The summed E-state index contributed by atoms with van der Waals surface area (Å²) in [5.74, 6) is 0. The number of nitrogens with zero attached hydrogens (tertiary/aromatic N) is 1. The van der Waals surface area contributed by atoms with Gasteiger partial charge in [-0.3, -0.25) is 4.79 Å². The van der Waals surface area contributed by atoms with E-state index in [1.54, 1.807) is 4.90 Å². The van der Waals surface area contributed by atoms with Crippen LogP contribution in [0.4, 0.5) is 0 Å². The standard InChI is InChI=1S/C6H11N2O/c9-6-8-4-1-2-7-3-5-8/h7H,1-5H2. The first-order valence-electron chi connectivity index (χ1n) is 3.27. The van der Waals surface area contributed by atoms with Gasteiger partial charge in [0.25, 0.3) is 0 Å². The van der Waals surface area contributed by atoms with Crippen LogP contribution in [0.5, 0.6) is 0 Å². The van der Waals surface area contributed by atoms with Gasteiger partial charge in [-0.1, -0.05) is 0 Å². The fourth-order valence-electron chi connectivity index (χ4n) is 0.937. The van der Waals surface area contributed by atoms with Crippen molar-refractivity contribution in [3.63, 3.8) is 0 Å². The second-order valence-electron chi connectivity index (χ2n) is 2.18. The third-order valence-corrected chi connectivity index (χ3v) is 1.47. The molecule has 1 N–H and O–H groups in total. The van der Waals surface area contributed by atoms with Crippen LogP contribution in [0.25, 0.3) is 0 Å². The van der Waals surface area contributed by atoms with Gasteiger partial charge in [0.2, 0.25) is 0 Å². The van der Waals surface area contributed by atoms with Crippen LogP contribution < -0.4 is 5.32 Å². The molecule has 0 unspecified atom stereocenters. The minimum absolute atomic E-state index is 0.809. The Kier molecular flexibility index (Phi) is 2.51. The summed E-state index contributed by atoms with van der Waals surface area (Å²) in [5.41, 5.74) is 0. The van der Waals surface area contributed by atoms with Gasteiger partial charge in [-0.25, -0.2) is 0 Å². The molecule has 1 aliphatic rings. The van der Waals surface area contributed by atoms with Crippen molar-refractivity contribution in [2.45, 2.75) is 6.42 Å². The molecule has 1 heterocycles. The third kappa shape index (κ3) is 2.01. The summed E-state index contributed by atoms with van der Waals surface area (Å²) in [6.07, 6.45) is 2.94. The molecule has 1 rings (SSSR count). The summed E-state index contributed by atoms with van der Waals surface area (Å²) in [6, 6.07) is 0. The molecule has 0 aromatic rings. The molecular weight excluding hydrogens is 116 g/mol. The lowest BCUT2D eigenvalue weighted by atomic mass is 10.4. The molecule has 0 aromatic heterocycles. The Balaban J connectivity index is 2.26. The van der Waals surface area contributed by atoms with Crippen molar-refractivity contribution in [1.82, 2.24) is 10.2 Å². The summed E-state index contributed by atoms with van der Waals surface area (Å²) >= 11 is 0. The van der Waals surface area contributed by atoms with Crippen molar-refractivity contribution in [1.29, 1.82) is 0 Å². The van der Waals surface area contributed by atoms with Crippen LogP contribution in [0.3, 0.4) is 0 Å². The van der Waals surface area contributed by atoms with Crippen molar-refractivity contribution in [3.05, 3.63) is 0 Å². The first kappa shape index (κ1) is 6.55. The van der Waals surface area contributed by atoms with Crippen molar-refractivity contribution in [2.75, 3.05) is 26.2 Å². The Morgan fingerprint density at radius 1 is 1.33 bits per heavy atom. The van der Waals surface area contributed by atoms with Crippen molar-refractivity contribution < 1.29 is 4.79 Å². The Bertz CT molecular complexity index is 87.1. The number of rotatable bonds is 1. The summed E-state index contributed by atoms with van der Waals surface area (Å²) in [5, 5.41) is 3.19. The molecule has 3 heteroatoms. The van der Waals surface area contributed by atoms with Gasteiger partial charge in [-0.15, -0.1) is 0 Å². The molecule has 0 aliphatic carbocycles. The molecule has 3 nitrogen and oxygen atoms in total. The molecule has 1 fully saturated rings. The molecule has 1 amide bonds. The van der Waals surface area contributed by atoms with Crippen LogP contribution >= 0.6 is 0 Å². The fourth-order valence-corrected chi connectivity index (χ4v) is 0.937. The molecule has 0 spiro atoms. The maximum Gasteiger partial charge on any atom is 0.312 e. The highest BCUT2D eigenvalue weighted by Crippen LogP contribution is 1.89. The van der Waals surface area contributed by atoms with Crippen LogP contribution in [-0.4, -0.2) is 37.5 Å². The van der Waals surface area contributed by atoms with E-state index in [0.29, 0.717) is 0 Å². The van der Waals surface area contributed by atoms with Gasteiger partial charge >= 0.3 is 6.41 Å². The van der Waals surface area contributed by atoms with Gasteiger partial charge in [0, 0.05) is 19.6 Å². The Labute approximate surface area is 55.0 Å². The first-order valence-corrected chi connectivity index (χ1v) is 3.27. The SMILES string of the molecule is O=[C]N1CCCNCC1. The van der Waals surface area contributed by atoms with E-state index in [9.17, 15) is 4.79 Å². The van der Waals surface area contributed by atoms with Gasteiger partial charge in [-0.05, 0) is 13.0 Å². The van der Waals surface area contributed by atoms with E-state index in [-0.39, 0.29) is 0 Å². The second kappa shape index (κ2) is 3.45. The van der Waals surface area contributed by atoms with Crippen molar-refractivity contribution in [2.24, 2.45) is 0 Å². The maximum atomic E-state index is 10.1. The van der Waals surface area contributed by atoms with Crippen LogP contribution in [0, 0.1) is 0 Å². The van der Waals surface area contributed by atoms with E-state index in [0.717, 1.165) is 32.6 Å². The smallest absolute Gasteiger partial charge is 0.312 e. The molecule has 0 atom stereocenters. The predicted molar refractivity (Wildman–Crippen MR) is 34.8 cm³/mol. The average Bonchev–Trinajstić information content (AvgIpc) is 2.13. The van der Waals surface area contributed by atoms with E-state index in [1.807, 2.05) is 6.41 Å². The molecule has 0 bridgehead atoms. The minimum atomic E-state index is 0.809. The summed E-state index contributed by atoms with van der Waals surface area (Å²) in [7, 11) is 0. The van der Waals surface area contributed by atoms with Crippen LogP contribution in [0.1, 0.15) is 6.42 Å². The largest absolute Gasteiger partial charge is 0.333 e. The number of hydrogen-bond donors (Lipinski definition) is 1. The second-order valence-corrected chi connectivity index (χ2v) is 2.18. The summed E-state index contributed by atoms with van der Waals surface area (Å²) in [6.45, 7) is 3.60. The number of hydrogen-bond acceptors (Lipinski definition) is 2. The molecular formula is C6H11N2O. The van der Waals surface area contributed by atoms with Gasteiger partial charge in [-0.2, -0.15) is 0 Å². The van der Waals surface area contributed by atoms with E-state index >= 15 is 0 Å². The van der Waals surface area contributed by atoms with E-state index in [2.05, 4.69) is 5.32 Å². The molecule has 1 saturated heterocycles. The summed E-state index contributed by atoms with van der Waals surface area (Å²) in [4.78, 5) is 11.8. The monoisotopic (exact) mass is 127 g/mol. The van der Waals surface area contributed by atoms with Gasteiger partial charge in [0.05, 0.1) is 0 Å². The Hall–Kier alpha value is -0.570. The molecule has 0 saturated carbocycles. The normalized spacial score (nSPS) is 21.1. The molecule has 51 valence electrons. The van der Waals surface area contributed by atoms with Crippen molar-refractivity contribution in [3.8, 4) is 0 Å². The zero-order chi connectivity index (χ0) is 6.53. The molecule has 1 aliphatic heterocycles. The quantitative estimate of drug-likeness (QED) is 0.507. The summed E-state index contributed by atoms with van der Waals surface area (Å²) < 4.78 is 0. The average molecular weight is 127 g/mol. The van der Waals surface area contributed by atoms with E-state index in [1.165, 1.54) is 0 Å². The Morgan fingerprint density at radius 2 is 2.22 bits per heavy atom. The topological polar surface area (TPSA) is 32.3 Å². The molecule has 9 heavy (non-hydrogen) atoms. The van der Waals surface area contributed by atoms with Gasteiger partial charge in [0.15, 0.2) is 0 Å². The zero-order valence-corrected chi connectivity index (χ0v) is 5.39. The van der Waals surface area contributed by atoms with Crippen LogP contribution in [0.15, 0.2) is 0 Å². The van der Waals surface area contributed by atoms with Crippen LogP contribution in [0.2, 0.25) is 0 Å².